The standard InChI is InChI=1S/C16H25NO3/c1-12(2)13-5-7-14(8-6-13)20-10-9-15(19)17-16(3,4)11-18/h5-8,12,18H,9-11H2,1-4H3,(H,17,19). The zero-order valence-electron chi connectivity index (χ0n) is 12.8. The number of carbonyl (C=O) groups is 1. The van der Waals surface area contributed by atoms with Crippen LogP contribution in [0.4, 0.5) is 0 Å². The summed E-state index contributed by atoms with van der Waals surface area (Å²) in [6.07, 6.45) is 0.273. The molecule has 4 nitrogen and oxygen atoms in total. The highest BCUT2D eigenvalue weighted by atomic mass is 16.5. The topological polar surface area (TPSA) is 58.6 Å². The number of aliphatic hydroxyl groups is 1. The molecule has 0 aliphatic heterocycles. The Hall–Kier alpha value is -1.55. The third kappa shape index (κ3) is 5.61. The van der Waals surface area contributed by atoms with E-state index in [4.69, 9.17) is 9.84 Å². The Balaban J connectivity index is 2.35. The highest BCUT2D eigenvalue weighted by molar-refractivity contribution is 5.76. The average molecular weight is 279 g/mol. The Morgan fingerprint density at radius 1 is 1.30 bits per heavy atom. The van der Waals surface area contributed by atoms with Crippen LogP contribution in [0, 0.1) is 0 Å². The van der Waals surface area contributed by atoms with Gasteiger partial charge in [0.25, 0.3) is 0 Å². The molecule has 0 aliphatic carbocycles. The van der Waals surface area contributed by atoms with E-state index in [0.717, 1.165) is 5.75 Å². The van der Waals surface area contributed by atoms with E-state index < -0.39 is 5.54 Å². The molecule has 0 saturated carbocycles. The smallest absolute Gasteiger partial charge is 0.223 e. The predicted octanol–water partition coefficient (Wildman–Crippen LogP) is 2.47. The van der Waals surface area contributed by atoms with Crippen LogP contribution in [0.5, 0.6) is 5.75 Å². The van der Waals surface area contributed by atoms with Gasteiger partial charge in [-0.05, 0) is 37.5 Å². The van der Waals surface area contributed by atoms with Crippen molar-refractivity contribution >= 4 is 5.91 Å². The van der Waals surface area contributed by atoms with Crippen LogP contribution in [0.3, 0.4) is 0 Å². The first kappa shape index (κ1) is 16.5. The third-order valence-corrected chi connectivity index (χ3v) is 3.02. The summed E-state index contributed by atoms with van der Waals surface area (Å²) in [6, 6.07) is 7.92. The minimum atomic E-state index is -0.587. The second-order valence-corrected chi connectivity index (χ2v) is 5.91. The first-order valence-corrected chi connectivity index (χ1v) is 6.99. The lowest BCUT2D eigenvalue weighted by atomic mass is 10.0. The van der Waals surface area contributed by atoms with E-state index in [1.165, 1.54) is 5.56 Å². The lowest BCUT2D eigenvalue weighted by Gasteiger charge is -2.23. The van der Waals surface area contributed by atoms with Crippen molar-refractivity contribution in [3.63, 3.8) is 0 Å². The van der Waals surface area contributed by atoms with Crippen molar-refractivity contribution in [2.24, 2.45) is 0 Å². The van der Waals surface area contributed by atoms with Gasteiger partial charge in [-0.15, -0.1) is 0 Å². The van der Waals surface area contributed by atoms with Crippen LogP contribution >= 0.6 is 0 Å². The van der Waals surface area contributed by atoms with Gasteiger partial charge in [0.15, 0.2) is 0 Å². The minimum Gasteiger partial charge on any atom is -0.493 e. The first-order chi connectivity index (χ1) is 9.34. The quantitative estimate of drug-likeness (QED) is 0.806. The van der Waals surface area contributed by atoms with E-state index >= 15 is 0 Å². The zero-order chi connectivity index (χ0) is 15.2. The van der Waals surface area contributed by atoms with Crippen LogP contribution in [-0.4, -0.2) is 29.8 Å². The molecule has 0 heterocycles. The van der Waals surface area contributed by atoms with Crippen LogP contribution in [0.15, 0.2) is 24.3 Å². The largest absolute Gasteiger partial charge is 0.493 e. The Morgan fingerprint density at radius 3 is 2.40 bits per heavy atom. The van der Waals surface area contributed by atoms with E-state index in [9.17, 15) is 4.79 Å². The van der Waals surface area contributed by atoms with Crippen LogP contribution in [0.25, 0.3) is 0 Å². The van der Waals surface area contributed by atoms with Gasteiger partial charge in [-0.3, -0.25) is 4.79 Å². The maximum atomic E-state index is 11.6. The highest BCUT2D eigenvalue weighted by Gasteiger charge is 2.18. The van der Waals surface area contributed by atoms with Gasteiger partial charge in [-0.25, -0.2) is 0 Å². The third-order valence-electron chi connectivity index (χ3n) is 3.02. The van der Waals surface area contributed by atoms with Gasteiger partial charge in [-0.2, -0.15) is 0 Å². The van der Waals surface area contributed by atoms with Crippen molar-refractivity contribution < 1.29 is 14.6 Å². The number of hydrogen-bond acceptors (Lipinski definition) is 3. The zero-order valence-corrected chi connectivity index (χ0v) is 12.8. The lowest BCUT2D eigenvalue weighted by molar-refractivity contribution is -0.123. The molecule has 0 aromatic heterocycles. The van der Waals surface area contributed by atoms with Crippen LogP contribution in [0.2, 0.25) is 0 Å². The second kappa shape index (κ2) is 7.29. The predicted molar refractivity (Wildman–Crippen MR) is 80.0 cm³/mol. The summed E-state index contributed by atoms with van der Waals surface area (Å²) in [4.78, 5) is 11.6. The summed E-state index contributed by atoms with van der Waals surface area (Å²) in [5.74, 6) is 1.14. The number of benzene rings is 1. The molecule has 0 saturated heterocycles. The highest BCUT2D eigenvalue weighted by Crippen LogP contribution is 2.18. The Morgan fingerprint density at radius 2 is 1.90 bits per heavy atom. The summed E-state index contributed by atoms with van der Waals surface area (Å²) in [7, 11) is 0. The molecule has 1 amide bonds. The second-order valence-electron chi connectivity index (χ2n) is 5.91. The van der Waals surface area contributed by atoms with Gasteiger partial charge >= 0.3 is 0 Å². The Kier molecular flexibility index (Phi) is 6.02. The summed E-state index contributed by atoms with van der Waals surface area (Å²) in [5, 5.41) is 11.8. The van der Waals surface area contributed by atoms with E-state index in [1.54, 1.807) is 13.8 Å². The molecule has 2 N–H and O–H groups in total. The van der Waals surface area contributed by atoms with Crippen molar-refractivity contribution in [2.75, 3.05) is 13.2 Å². The molecule has 0 spiro atoms. The van der Waals surface area contributed by atoms with Crippen molar-refractivity contribution in [3.05, 3.63) is 29.8 Å². The number of ether oxygens (including phenoxy) is 1. The van der Waals surface area contributed by atoms with Gasteiger partial charge in [0.05, 0.1) is 25.2 Å². The number of carbonyl (C=O) groups excluding carboxylic acids is 1. The van der Waals surface area contributed by atoms with Crippen LogP contribution in [-0.2, 0) is 4.79 Å². The van der Waals surface area contributed by atoms with Crippen molar-refractivity contribution in [1.82, 2.24) is 5.32 Å². The van der Waals surface area contributed by atoms with Crippen molar-refractivity contribution in [1.29, 1.82) is 0 Å². The molecular weight excluding hydrogens is 254 g/mol. The Bertz CT molecular complexity index is 424. The van der Waals surface area contributed by atoms with E-state index in [-0.39, 0.29) is 18.9 Å². The van der Waals surface area contributed by atoms with Gasteiger partial charge in [-0.1, -0.05) is 26.0 Å². The van der Waals surface area contributed by atoms with Crippen LogP contribution < -0.4 is 10.1 Å². The Labute approximate surface area is 121 Å². The molecule has 112 valence electrons. The molecule has 20 heavy (non-hydrogen) atoms. The summed E-state index contributed by atoms with van der Waals surface area (Å²) in [6.45, 7) is 8.07. The molecule has 0 fully saturated rings. The molecule has 4 heteroatoms. The number of hydrogen-bond donors (Lipinski definition) is 2. The summed E-state index contributed by atoms with van der Waals surface area (Å²) in [5.41, 5.74) is 0.676. The molecular formula is C16H25NO3. The fourth-order valence-corrected chi connectivity index (χ4v) is 1.69. The molecule has 0 atom stereocenters. The number of nitrogens with one attached hydrogen (secondary N) is 1. The number of aliphatic hydroxyl groups excluding tert-OH is 1. The molecule has 0 unspecified atom stereocenters. The van der Waals surface area contributed by atoms with Crippen molar-refractivity contribution in [3.8, 4) is 5.75 Å². The fraction of sp³-hybridized carbons (Fsp3) is 0.562. The first-order valence-electron chi connectivity index (χ1n) is 6.99. The lowest BCUT2D eigenvalue weighted by Crippen LogP contribution is -2.46. The van der Waals surface area contributed by atoms with Crippen LogP contribution in [0.1, 0.15) is 45.6 Å². The van der Waals surface area contributed by atoms with Gasteiger partial charge in [0.2, 0.25) is 5.91 Å². The average Bonchev–Trinajstić information content (AvgIpc) is 2.38. The van der Waals surface area contributed by atoms with Gasteiger partial charge in [0.1, 0.15) is 5.75 Å². The SMILES string of the molecule is CC(C)c1ccc(OCCC(=O)NC(C)(C)CO)cc1. The molecule has 1 rings (SSSR count). The van der Waals surface area contributed by atoms with Gasteiger partial charge < -0.3 is 15.2 Å². The molecule has 0 bridgehead atoms. The molecule has 0 radical (unpaired) electrons. The molecule has 1 aromatic rings. The number of amides is 1. The fourth-order valence-electron chi connectivity index (χ4n) is 1.69. The summed E-state index contributed by atoms with van der Waals surface area (Å²) < 4.78 is 5.54. The normalized spacial score (nSPS) is 11.5. The van der Waals surface area contributed by atoms with E-state index in [0.29, 0.717) is 12.5 Å². The maximum absolute atomic E-state index is 11.6. The monoisotopic (exact) mass is 279 g/mol. The van der Waals surface area contributed by atoms with Crippen molar-refractivity contribution in [2.45, 2.75) is 45.6 Å². The molecule has 1 aromatic carbocycles. The molecule has 0 aliphatic rings. The van der Waals surface area contributed by atoms with E-state index in [2.05, 4.69) is 19.2 Å². The minimum absolute atomic E-state index is 0.0870. The van der Waals surface area contributed by atoms with E-state index in [1.807, 2.05) is 24.3 Å². The number of rotatable bonds is 7. The summed E-state index contributed by atoms with van der Waals surface area (Å²) >= 11 is 0. The van der Waals surface area contributed by atoms with Gasteiger partial charge in [0, 0.05) is 0 Å². The maximum Gasteiger partial charge on any atom is 0.223 e.